The third-order valence-electron chi connectivity index (χ3n) is 1.23. The van der Waals surface area contributed by atoms with E-state index in [0.29, 0.717) is 0 Å². The lowest BCUT2D eigenvalue weighted by Crippen LogP contribution is -2.20. The molecule has 0 fully saturated rings. The van der Waals surface area contributed by atoms with Gasteiger partial charge in [-0.2, -0.15) is 12.6 Å². The lowest BCUT2D eigenvalue weighted by atomic mass is 10.4. The Kier molecular flexibility index (Phi) is 3.49. The number of nitrogens with two attached hydrogens (primary N) is 1. The number of carbonyl (C=O) groups excluding carboxylic acids is 1. The monoisotopic (exact) mass is 199 g/mol. The number of hydrogen-bond donors (Lipinski definition) is 2. The Hall–Kier alpha value is -0.610. The highest BCUT2D eigenvalue weighted by atomic mass is 32.2. The van der Waals surface area contributed by atoms with E-state index in [2.05, 4.69) is 12.6 Å². The van der Waals surface area contributed by atoms with Crippen LogP contribution in [0.4, 0.5) is 0 Å². The number of thioether (sulfide) groups is 1. The van der Waals surface area contributed by atoms with Crippen molar-refractivity contribution in [3.8, 4) is 0 Å². The van der Waals surface area contributed by atoms with Gasteiger partial charge in [-0.15, -0.1) is 11.8 Å². The standard InChI is InChI=1S/C8H9NOS2/c9-7(10)8(11)12-6-4-2-1-3-5-6/h1-5,8,11H,(H2,9,10). The van der Waals surface area contributed by atoms with Crippen molar-refractivity contribution in [1.82, 2.24) is 0 Å². The fourth-order valence-corrected chi connectivity index (χ4v) is 1.74. The Morgan fingerprint density at radius 3 is 2.50 bits per heavy atom. The van der Waals surface area contributed by atoms with Crippen LogP contribution in [0.3, 0.4) is 0 Å². The molecule has 1 unspecified atom stereocenters. The van der Waals surface area contributed by atoms with Gasteiger partial charge in [0.1, 0.15) is 4.58 Å². The minimum atomic E-state index is -0.465. The first-order valence-electron chi connectivity index (χ1n) is 3.39. The topological polar surface area (TPSA) is 43.1 Å². The summed E-state index contributed by atoms with van der Waals surface area (Å²) in [6.07, 6.45) is 0. The lowest BCUT2D eigenvalue weighted by molar-refractivity contribution is -0.116. The molecule has 1 aromatic rings. The van der Waals surface area contributed by atoms with Gasteiger partial charge in [0.25, 0.3) is 0 Å². The molecule has 0 radical (unpaired) electrons. The minimum Gasteiger partial charge on any atom is -0.368 e. The first kappa shape index (κ1) is 9.48. The molecule has 4 heteroatoms. The predicted molar refractivity (Wildman–Crippen MR) is 54.3 cm³/mol. The second-order valence-electron chi connectivity index (χ2n) is 2.19. The fourth-order valence-electron chi connectivity index (χ4n) is 0.686. The number of thiol groups is 1. The first-order chi connectivity index (χ1) is 5.70. The summed E-state index contributed by atoms with van der Waals surface area (Å²) in [5.74, 6) is -0.410. The molecule has 0 aromatic heterocycles. The van der Waals surface area contributed by atoms with Crippen LogP contribution in [-0.2, 0) is 4.79 Å². The third-order valence-corrected chi connectivity index (χ3v) is 2.80. The van der Waals surface area contributed by atoms with E-state index < -0.39 is 10.5 Å². The van der Waals surface area contributed by atoms with Crippen LogP contribution in [0.5, 0.6) is 0 Å². The van der Waals surface area contributed by atoms with E-state index >= 15 is 0 Å². The zero-order valence-electron chi connectivity index (χ0n) is 6.31. The summed E-state index contributed by atoms with van der Waals surface area (Å²) in [6, 6.07) is 9.56. The summed E-state index contributed by atoms with van der Waals surface area (Å²) >= 11 is 5.37. The molecule has 0 saturated carbocycles. The van der Waals surface area contributed by atoms with Gasteiger partial charge in [-0.3, -0.25) is 4.79 Å². The zero-order valence-corrected chi connectivity index (χ0v) is 8.02. The molecule has 0 aliphatic carbocycles. The Labute approximate surface area is 80.9 Å². The van der Waals surface area contributed by atoms with Crippen molar-refractivity contribution in [2.75, 3.05) is 0 Å². The summed E-state index contributed by atoms with van der Waals surface area (Å²) in [5.41, 5.74) is 5.05. The summed E-state index contributed by atoms with van der Waals surface area (Å²) in [4.78, 5) is 11.6. The molecule has 0 saturated heterocycles. The van der Waals surface area contributed by atoms with Gasteiger partial charge in [-0.25, -0.2) is 0 Å². The number of hydrogen-bond acceptors (Lipinski definition) is 3. The van der Waals surface area contributed by atoms with E-state index in [1.807, 2.05) is 30.3 Å². The normalized spacial score (nSPS) is 12.4. The van der Waals surface area contributed by atoms with Crippen LogP contribution in [0.2, 0.25) is 0 Å². The molecule has 0 bridgehead atoms. The number of carbonyl (C=O) groups is 1. The largest absolute Gasteiger partial charge is 0.368 e. The van der Waals surface area contributed by atoms with Gasteiger partial charge in [0, 0.05) is 4.90 Å². The molecule has 1 atom stereocenters. The van der Waals surface area contributed by atoms with Gasteiger partial charge in [0.05, 0.1) is 0 Å². The number of amides is 1. The Bertz CT molecular complexity index is 263. The van der Waals surface area contributed by atoms with Gasteiger partial charge in [-0.1, -0.05) is 18.2 Å². The van der Waals surface area contributed by atoms with E-state index in [4.69, 9.17) is 5.73 Å². The van der Waals surface area contributed by atoms with Crippen molar-refractivity contribution in [1.29, 1.82) is 0 Å². The van der Waals surface area contributed by atoms with Crippen molar-refractivity contribution in [2.45, 2.75) is 9.48 Å². The molecule has 1 aromatic carbocycles. The van der Waals surface area contributed by atoms with Crippen LogP contribution in [0.25, 0.3) is 0 Å². The average molecular weight is 199 g/mol. The molecular weight excluding hydrogens is 190 g/mol. The van der Waals surface area contributed by atoms with Gasteiger partial charge >= 0.3 is 0 Å². The smallest absolute Gasteiger partial charge is 0.240 e. The molecule has 0 aliphatic heterocycles. The summed E-state index contributed by atoms with van der Waals surface area (Å²) in [5, 5.41) is 0. The molecule has 0 heterocycles. The van der Waals surface area contributed by atoms with E-state index in [1.165, 1.54) is 11.8 Å². The maximum Gasteiger partial charge on any atom is 0.240 e. The number of rotatable bonds is 3. The molecule has 2 N–H and O–H groups in total. The highest BCUT2D eigenvalue weighted by Gasteiger charge is 2.10. The highest BCUT2D eigenvalue weighted by Crippen LogP contribution is 2.24. The van der Waals surface area contributed by atoms with Crippen molar-refractivity contribution in [2.24, 2.45) is 5.73 Å². The lowest BCUT2D eigenvalue weighted by Gasteiger charge is -2.04. The molecule has 2 nitrogen and oxygen atoms in total. The van der Waals surface area contributed by atoms with Crippen LogP contribution in [0.1, 0.15) is 0 Å². The maximum absolute atomic E-state index is 10.6. The molecule has 12 heavy (non-hydrogen) atoms. The molecule has 0 spiro atoms. The maximum atomic E-state index is 10.6. The van der Waals surface area contributed by atoms with Gasteiger partial charge in [-0.05, 0) is 12.1 Å². The molecule has 0 aliphatic rings. The highest BCUT2D eigenvalue weighted by molar-refractivity contribution is 8.11. The van der Waals surface area contributed by atoms with Crippen molar-refractivity contribution in [3.05, 3.63) is 30.3 Å². The van der Waals surface area contributed by atoms with Crippen molar-refractivity contribution < 1.29 is 4.79 Å². The van der Waals surface area contributed by atoms with E-state index in [1.54, 1.807) is 0 Å². The van der Waals surface area contributed by atoms with Crippen molar-refractivity contribution >= 4 is 30.3 Å². The third kappa shape index (κ3) is 2.79. The second kappa shape index (κ2) is 4.42. The SMILES string of the molecule is NC(=O)C(S)Sc1ccccc1. The molecular formula is C8H9NOS2. The number of benzene rings is 1. The van der Waals surface area contributed by atoms with E-state index in [9.17, 15) is 4.79 Å². The molecule has 1 rings (SSSR count). The molecule has 1 amide bonds. The van der Waals surface area contributed by atoms with Gasteiger partial charge in [0.2, 0.25) is 5.91 Å². The number of primary amides is 1. The predicted octanol–water partition coefficient (Wildman–Crippen LogP) is 1.52. The van der Waals surface area contributed by atoms with Crippen LogP contribution in [0, 0.1) is 0 Å². The zero-order chi connectivity index (χ0) is 8.97. The molecule has 64 valence electrons. The van der Waals surface area contributed by atoms with E-state index in [0.717, 1.165) is 4.90 Å². The average Bonchev–Trinajstić information content (AvgIpc) is 2.06. The Morgan fingerprint density at radius 2 is 2.00 bits per heavy atom. The fraction of sp³-hybridized carbons (Fsp3) is 0.125. The van der Waals surface area contributed by atoms with Crippen LogP contribution >= 0.6 is 24.4 Å². The minimum absolute atomic E-state index is 0.410. The van der Waals surface area contributed by atoms with Gasteiger partial charge in [0.15, 0.2) is 0 Å². The summed E-state index contributed by atoms with van der Waals surface area (Å²) in [6.45, 7) is 0. The second-order valence-corrected chi connectivity index (χ2v) is 4.23. The van der Waals surface area contributed by atoms with Crippen molar-refractivity contribution in [3.63, 3.8) is 0 Å². The Balaban J connectivity index is 2.58. The quantitative estimate of drug-likeness (QED) is 0.440. The van der Waals surface area contributed by atoms with Crippen LogP contribution in [-0.4, -0.2) is 10.5 Å². The summed E-state index contributed by atoms with van der Waals surface area (Å²) < 4.78 is -0.465. The summed E-state index contributed by atoms with van der Waals surface area (Å²) in [7, 11) is 0. The van der Waals surface area contributed by atoms with E-state index in [-0.39, 0.29) is 0 Å². The van der Waals surface area contributed by atoms with Crippen LogP contribution < -0.4 is 5.73 Å². The van der Waals surface area contributed by atoms with Gasteiger partial charge < -0.3 is 5.73 Å². The van der Waals surface area contributed by atoms with Crippen LogP contribution in [0.15, 0.2) is 35.2 Å². The Morgan fingerprint density at radius 1 is 1.42 bits per heavy atom. The first-order valence-corrected chi connectivity index (χ1v) is 4.79.